The van der Waals surface area contributed by atoms with Gasteiger partial charge >= 0.3 is 5.97 Å². The quantitative estimate of drug-likeness (QED) is 0.636. The summed E-state index contributed by atoms with van der Waals surface area (Å²) in [5.41, 5.74) is 2.67. The lowest BCUT2D eigenvalue weighted by atomic mass is 10.2. The number of hydrogen-bond acceptors (Lipinski definition) is 4. The van der Waals surface area contributed by atoms with Gasteiger partial charge in [-0.2, -0.15) is 0 Å². The van der Waals surface area contributed by atoms with Crippen molar-refractivity contribution in [2.45, 2.75) is 13.3 Å². The summed E-state index contributed by atoms with van der Waals surface area (Å²) < 4.78 is 6.65. The fourth-order valence-corrected chi connectivity index (χ4v) is 2.84. The fraction of sp³-hybridized carbons (Fsp3) is 0.278. The molecule has 0 radical (unpaired) electrons. The molecule has 1 aliphatic rings. The van der Waals surface area contributed by atoms with E-state index in [2.05, 4.69) is 0 Å². The zero-order valence-electron chi connectivity index (χ0n) is 13.6. The minimum atomic E-state index is -0.620. The standard InChI is InChI=1S/C18H18N2O4/c1-12(21)14-9-16(19(2)10-14)18(23)24-11-17(22)20-8-7-13-5-3-4-6-15(13)20/h3-6,9-10H,7-8,11H2,1-2H3. The van der Waals surface area contributed by atoms with E-state index in [1.807, 2.05) is 24.3 Å². The molecule has 24 heavy (non-hydrogen) atoms. The van der Waals surface area contributed by atoms with E-state index in [1.54, 1.807) is 18.1 Å². The van der Waals surface area contributed by atoms with Crippen molar-refractivity contribution in [1.29, 1.82) is 0 Å². The van der Waals surface area contributed by atoms with Gasteiger partial charge in [0, 0.05) is 31.0 Å². The van der Waals surface area contributed by atoms with E-state index in [9.17, 15) is 14.4 Å². The number of esters is 1. The van der Waals surface area contributed by atoms with Gasteiger partial charge in [-0.15, -0.1) is 0 Å². The summed E-state index contributed by atoms with van der Waals surface area (Å²) in [6.07, 6.45) is 2.37. The monoisotopic (exact) mass is 326 g/mol. The van der Waals surface area contributed by atoms with Crippen molar-refractivity contribution in [2.75, 3.05) is 18.1 Å². The van der Waals surface area contributed by atoms with Gasteiger partial charge in [0.25, 0.3) is 5.91 Å². The Kier molecular flexibility index (Phi) is 4.20. The number of ether oxygens (including phenoxy) is 1. The first-order valence-electron chi connectivity index (χ1n) is 7.70. The topological polar surface area (TPSA) is 68.6 Å². The number of benzene rings is 1. The molecule has 0 spiro atoms. The zero-order chi connectivity index (χ0) is 17.3. The molecule has 0 atom stereocenters. The van der Waals surface area contributed by atoms with Crippen LogP contribution in [0.3, 0.4) is 0 Å². The number of nitrogens with zero attached hydrogens (tertiary/aromatic N) is 2. The molecule has 6 nitrogen and oxygen atoms in total. The summed E-state index contributed by atoms with van der Waals surface area (Å²) in [5.74, 6) is -1.01. The van der Waals surface area contributed by atoms with Crippen LogP contribution in [-0.2, 0) is 23.0 Å². The third-order valence-corrected chi connectivity index (χ3v) is 4.14. The van der Waals surface area contributed by atoms with Gasteiger partial charge < -0.3 is 14.2 Å². The molecule has 2 heterocycles. The Morgan fingerprint density at radius 3 is 2.67 bits per heavy atom. The number of aromatic nitrogens is 1. The molecule has 3 rings (SSSR count). The maximum Gasteiger partial charge on any atom is 0.355 e. The van der Waals surface area contributed by atoms with Crippen molar-refractivity contribution in [1.82, 2.24) is 4.57 Å². The summed E-state index contributed by atoms with van der Waals surface area (Å²) in [6.45, 7) is 1.70. The molecular formula is C18H18N2O4. The normalized spacial score (nSPS) is 12.8. The van der Waals surface area contributed by atoms with Crippen LogP contribution in [0.5, 0.6) is 0 Å². The van der Waals surface area contributed by atoms with Crippen molar-refractivity contribution in [2.24, 2.45) is 7.05 Å². The summed E-state index contributed by atoms with van der Waals surface area (Å²) in [4.78, 5) is 37.5. The predicted octanol–water partition coefficient (Wildman–Crippen LogP) is 1.97. The number of hydrogen-bond donors (Lipinski definition) is 0. The molecule has 0 saturated heterocycles. The second kappa shape index (κ2) is 6.31. The van der Waals surface area contributed by atoms with Gasteiger partial charge in [-0.3, -0.25) is 9.59 Å². The highest BCUT2D eigenvalue weighted by Crippen LogP contribution is 2.27. The van der Waals surface area contributed by atoms with Gasteiger partial charge in [0.1, 0.15) is 5.69 Å². The average molecular weight is 326 g/mol. The fourth-order valence-electron chi connectivity index (χ4n) is 2.84. The van der Waals surface area contributed by atoms with Crippen LogP contribution >= 0.6 is 0 Å². The van der Waals surface area contributed by atoms with Gasteiger partial charge in [-0.25, -0.2) is 4.79 Å². The molecule has 1 amide bonds. The number of amides is 1. The van der Waals surface area contributed by atoms with E-state index in [1.165, 1.54) is 17.6 Å². The number of ketones is 1. The van der Waals surface area contributed by atoms with Crippen LogP contribution in [0.1, 0.15) is 33.3 Å². The summed E-state index contributed by atoms with van der Waals surface area (Å²) in [7, 11) is 1.65. The molecule has 124 valence electrons. The van der Waals surface area contributed by atoms with Crippen LogP contribution in [0.2, 0.25) is 0 Å². The van der Waals surface area contributed by atoms with E-state index < -0.39 is 5.97 Å². The molecule has 0 saturated carbocycles. The van der Waals surface area contributed by atoms with Crippen molar-refractivity contribution in [3.63, 3.8) is 0 Å². The highest BCUT2D eigenvalue weighted by atomic mass is 16.5. The average Bonchev–Trinajstić information content (AvgIpc) is 3.16. The van der Waals surface area contributed by atoms with Gasteiger partial charge in [-0.05, 0) is 31.0 Å². The third-order valence-electron chi connectivity index (χ3n) is 4.14. The highest BCUT2D eigenvalue weighted by Gasteiger charge is 2.25. The van der Waals surface area contributed by atoms with E-state index in [-0.39, 0.29) is 24.0 Å². The predicted molar refractivity (Wildman–Crippen MR) is 88.2 cm³/mol. The lowest BCUT2D eigenvalue weighted by Crippen LogP contribution is -2.33. The third kappa shape index (κ3) is 2.95. The zero-order valence-corrected chi connectivity index (χ0v) is 13.6. The first-order chi connectivity index (χ1) is 11.5. The lowest BCUT2D eigenvalue weighted by molar-refractivity contribution is -0.121. The number of carbonyl (C=O) groups excluding carboxylic acids is 3. The number of carbonyl (C=O) groups is 3. The van der Waals surface area contributed by atoms with Crippen molar-refractivity contribution in [3.05, 3.63) is 53.3 Å². The Hall–Kier alpha value is -2.89. The Morgan fingerprint density at radius 1 is 1.21 bits per heavy atom. The van der Waals surface area contributed by atoms with E-state index >= 15 is 0 Å². The van der Waals surface area contributed by atoms with Crippen molar-refractivity contribution in [3.8, 4) is 0 Å². The van der Waals surface area contributed by atoms with Gasteiger partial charge in [0.2, 0.25) is 0 Å². The Labute approximate surface area is 139 Å². The van der Waals surface area contributed by atoms with Crippen LogP contribution in [0, 0.1) is 0 Å². The molecule has 1 aliphatic heterocycles. The molecule has 1 aromatic carbocycles. The van der Waals surface area contributed by atoms with Gasteiger partial charge in [0.15, 0.2) is 12.4 Å². The van der Waals surface area contributed by atoms with Crippen LogP contribution in [0.15, 0.2) is 36.5 Å². The lowest BCUT2D eigenvalue weighted by Gasteiger charge is -2.17. The van der Waals surface area contributed by atoms with Crippen LogP contribution in [0.4, 0.5) is 5.69 Å². The van der Waals surface area contributed by atoms with E-state index in [4.69, 9.17) is 4.74 Å². The van der Waals surface area contributed by atoms with Crippen LogP contribution in [0.25, 0.3) is 0 Å². The second-order valence-electron chi connectivity index (χ2n) is 5.78. The number of anilines is 1. The maximum atomic E-state index is 12.3. The Balaban J connectivity index is 1.65. The number of Topliss-reactive ketones (excluding diaryl/α,β-unsaturated/α-hetero) is 1. The van der Waals surface area contributed by atoms with Gasteiger partial charge in [0.05, 0.1) is 0 Å². The smallest absolute Gasteiger partial charge is 0.355 e. The van der Waals surface area contributed by atoms with Crippen molar-refractivity contribution < 1.29 is 19.1 Å². The molecule has 0 fully saturated rings. The number of aryl methyl sites for hydroxylation is 1. The number of para-hydroxylation sites is 1. The Morgan fingerprint density at radius 2 is 1.96 bits per heavy atom. The molecule has 1 aromatic heterocycles. The van der Waals surface area contributed by atoms with Gasteiger partial charge in [-0.1, -0.05) is 18.2 Å². The number of fused-ring (bicyclic) bond motifs is 1. The van der Waals surface area contributed by atoms with Crippen LogP contribution < -0.4 is 4.90 Å². The van der Waals surface area contributed by atoms with Crippen LogP contribution in [-0.4, -0.2) is 35.4 Å². The maximum absolute atomic E-state index is 12.3. The second-order valence-corrected chi connectivity index (χ2v) is 5.78. The molecule has 0 bridgehead atoms. The minimum Gasteiger partial charge on any atom is -0.451 e. The SMILES string of the molecule is CC(=O)c1cc(C(=O)OCC(=O)N2CCc3ccccc32)n(C)c1. The summed E-state index contributed by atoms with van der Waals surface area (Å²) >= 11 is 0. The molecular weight excluding hydrogens is 308 g/mol. The first kappa shape index (κ1) is 16.0. The summed E-state index contributed by atoms with van der Waals surface area (Å²) in [5, 5.41) is 0. The van der Waals surface area contributed by atoms with E-state index in [0.717, 1.165) is 17.7 Å². The van der Waals surface area contributed by atoms with E-state index in [0.29, 0.717) is 12.1 Å². The molecule has 6 heteroatoms. The largest absolute Gasteiger partial charge is 0.451 e. The number of rotatable bonds is 4. The minimum absolute atomic E-state index is 0.130. The van der Waals surface area contributed by atoms with Crippen molar-refractivity contribution >= 4 is 23.3 Å². The summed E-state index contributed by atoms with van der Waals surface area (Å²) in [6, 6.07) is 9.17. The highest BCUT2D eigenvalue weighted by molar-refractivity contribution is 6.00. The molecule has 0 aliphatic carbocycles. The Bertz CT molecular complexity index is 822. The first-order valence-corrected chi connectivity index (χ1v) is 7.70. The molecule has 0 N–H and O–H groups in total. The molecule has 0 unspecified atom stereocenters. The molecule has 2 aromatic rings.